The van der Waals surface area contributed by atoms with E-state index in [0.29, 0.717) is 29.6 Å². The number of benzene rings is 3. The third-order valence-electron chi connectivity index (χ3n) is 4.76. The average Bonchev–Trinajstić information content (AvgIpc) is 3.29. The van der Waals surface area contributed by atoms with E-state index >= 15 is 0 Å². The molecule has 4 rings (SSSR count). The summed E-state index contributed by atoms with van der Waals surface area (Å²) in [5, 5.41) is 6.96. The first-order valence-electron chi connectivity index (χ1n) is 10.1. The van der Waals surface area contributed by atoms with E-state index in [-0.39, 0.29) is 12.5 Å². The molecule has 6 heteroatoms. The number of hydrogen-bond donors (Lipinski definition) is 1. The standard InChI is InChI=1S/C25H23N3O3/c1-18-8-7-11-20(16-18)24-27-25(31-28-24)21-12-5-6-13-22(21)30-17-23(29)26-15-14-19-9-3-2-4-10-19/h2-13,16H,14-15,17H2,1H3,(H,26,29). The Morgan fingerprint density at radius 1 is 1.00 bits per heavy atom. The molecule has 0 bridgehead atoms. The van der Waals surface area contributed by atoms with Crippen molar-refractivity contribution in [3.8, 4) is 28.6 Å². The molecular weight excluding hydrogens is 390 g/mol. The van der Waals surface area contributed by atoms with Crippen molar-refractivity contribution < 1.29 is 14.1 Å². The maximum atomic E-state index is 12.2. The smallest absolute Gasteiger partial charge is 0.262 e. The lowest BCUT2D eigenvalue weighted by Crippen LogP contribution is -2.30. The van der Waals surface area contributed by atoms with Crippen molar-refractivity contribution in [3.05, 3.63) is 90.0 Å². The number of carbonyl (C=O) groups excluding carboxylic acids is 1. The highest BCUT2D eigenvalue weighted by Crippen LogP contribution is 2.30. The second-order valence-electron chi connectivity index (χ2n) is 7.16. The predicted molar refractivity (Wildman–Crippen MR) is 119 cm³/mol. The number of ether oxygens (including phenoxy) is 1. The van der Waals surface area contributed by atoms with Gasteiger partial charge >= 0.3 is 0 Å². The normalized spacial score (nSPS) is 10.6. The summed E-state index contributed by atoms with van der Waals surface area (Å²) in [4.78, 5) is 16.7. The summed E-state index contributed by atoms with van der Waals surface area (Å²) in [6.07, 6.45) is 0.771. The fraction of sp³-hybridized carbons (Fsp3) is 0.160. The largest absolute Gasteiger partial charge is 0.483 e. The molecule has 0 aliphatic heterocycles. The summed E-state index contributed by atoms with van der Waals surface area (Å²) in [6, 6.07) is 25.2. The molecule has 0 unspecified atom stereocenters. The lowest BCUT2D eigenvalue weighted by molar-refractivity contribution is -0.123. The van der Waals surface area contributed by atoms with Crippen LogP contribution in [0.3, 0.4) is 0 Å². The Balaban J connectivity index is 1.38. The molecule has 0 fully saturated rings. The molecule has 31 heavy (non-hydrogen) atoms. The lowest BCUT2D eigenvalue weighted by Gasteiger charge is -2.09. The maximum Gasteiger partial charge on any atom is 0.262 e. The minimum Gasteiger partial charge on any atom is -0.483 e. The summed E-state index contributed by atoms with van der Waals surface area (Å²) in [5.74, 6) is 1.18. The van der Waals surface area contributed by atoms with Crippen molar-refractivity contribution in [2.75, 3.05) is 13.2 Å². The van der Waals surface area contributed by atoms with E-state index in [4.69, 9.17) is 9.26 Å². The molecule has 3 aromatic carbocycles. The van der Waals surface area contributed by atoms with Gasteiger partial charge in [-0.05, 0) is 37.1 Å². The Kier molecular flexibility index (Phi) is 6.38. The fourth-order valence-corrected chi connectivity index (χ4v) is 3.19. The van der Waals surface area contributed by atoms with Gasteiger partial charge in [-0.15, -0.1) is 0 Å². The van der Waals surface area contributed by atoms with E-state index in [1.54, 1.807) is 6.07 Å². The van der Waals surface area contributed by atoms with Gasteiger partial charge < -0.3 is 14.6 Å². The SMILES string of the molecule is Cc1cccc(-c2noc(-c3ccccc3OCC(=O)NCCc3ccccc3)n2)c1. The van der Waals surface area contributed by atoms with Gasteiger partial charge in [-0.2, -0.15) is 4.98 Å². The highest BCUT2D eigenvalue weighted by atomic mass is 16.5. The highest BCUT2D eigenvalue weighted by Gasteiger charge is 2.15. The van der Waals surface area contributed by atoms with Crippen LogP contribution in [0.5, 0.6) is 5.75 Å². The third-order valence-corrected chi connectivity index (χ3v) is 4.76. The van der Waals surface area contributed by atoms with Crippen LogP contribution < -0.4 is 10.1 Å². The Bertz CT molecular complexity index is 1160. The zero-order valence-electron chi connectivity index (χ0n) is 17.2. The van der Waals surface area contributed by atoms with Crippen LogP contribution in [0.2, 0.25) is 0 Å². The first-order chi connectivity index (χ1) is 15.2. The third kappa shape index (κ3) is 5.36. The second-order valence-corrected chi connectivity index (χ2v) is 7.16. The molecule has 0 aliphatic rings. The number of rotatable bonds is 8. The first-order valence-corrected chi connectivity index (χ1v) is 10.1. The monoisotopic (exact) mass is 413 g/mol. The maximum absolute atomic E-state index is 12.2. The molecule has 0 saturated heterocycles. The molecule has 1 heterocycles. The minimum absolute atomic E-state index is 0.0926. The molecule has 1 N–H and O–H groups in total. The average molecular weight is 413 g/mol. The Hall–Kier alpha value is -3.93. The number of amides is 1. The molecule has 0 aliphatic carbocycles. The molecule has 0 atom stereocenters. The molecule has 0 spiro atoms. The molecule has 1 aromatic heterocycles. The topological polar surface area (TPSA) is 77.2 Å². The van der Waals surface area contributed by atoms with Crippen molar-refractivity contribution in [1.29, 1.82) is 0 Å². The van der Waals surface area contributed by atoms with Crippen molar-refractivity contribution in [2.24, 2.45) is 0 Å². The lowest BCUT2D eigenvalue weighted by atomic mass is 10.1. The summed E-state index contributed by atoms with van der Waals surface area (Å²) in [7, 11) is 0. The highest BCUT2D eigenvalue weighted by molar-refractivity contribution is 5.78. The molecule has 1 amide bonds. The van der Waals surface area contributed by atoms with E-state index in [1.165, 1.54) is 5.56 Å². The summed E-state index contributed by atoms with van der Waals surface area (Å²) in [6.45, 7) is 2.47. The van der Waals surface area contributed by atoms with Crippen LogP contribution in [0.25, 0.3) is 22.8 Å². The van der Waals surface area contributed by atoms with Gasteiger partial charge in [-0.1, -0.05) is 71.4 Å². The van der Waals surface area contributed by atoms with Gasteiger partial charge in [0, 0.05) is 12.1 Å². The molecule has 0 radical (unpaired) electrons. The number of carbonyl (C=O) groups is 1. The molecule has 0 saturated carbocycles. The molecule has 156 valence electrons. The van der Waals surface area contributed by atoms with Gasteiger partial charge in [0.25, 0.3) is 11.8 Å². The van der Waals surface area contributed by atoms with Crippen LogP contribution in [0.15, 0.2) is 83.4 Å². The number of hydrogen-bond acceptors (Lipinski definition) is 5. The molecule has 4 aromatic rings. The minimum atomic E-state index is -0.184. The summed E-state index contributed by atoms with van der Waals surface area (Å²) in [5.41, 5.74) is 3.82. The van der Waals surface area contributed by atoms with Crippen LogP contribution in [-0.4, -0.2) is 29.2 Å². The fourth-order valence-electron chi connectivity index (χ4n) is 3.19. The first kappa shape index (κ1) is 20.3. The van der Waals surface area contributed by atoms with Gasteiger partial charge in [0.1, 0.15) is 5.75 Å². The Morgan fingerprint density at radius 2 is 1.81 bits per heavy atom. The van der Waals surface area contributed by atoms with Gasteiger partial charge in [-0.25, -0.2) is 0 Å². The van der Waals surface area contributed by atoms with Crippen LogP contribution in [0.1, 0.15) is 11.1 Å². The van der Waals surface area contributed by atoms with Gasteiger partial charge in [0.15, 0.2) is 6.61 Å². The van der Waals surface area contributed by atoms with Crippen LogP contribution in [0, 0.1) is 6.92 Å². The zero-order chi connectivity index (χ0) is 21.5. The van der Waals surface area contributed by atoms with Crippen LogP contribution >= 0.6 is 0 Å². The Labute approximate surface area is 180 Å². The van der Waals surface area contributed by atoms with Crippen molar-refractivity contribution in [1.82, 2.24) is 15.5 Å². The molecule has 6 nitrogen and oxygen atoms in total. The zero-order valence-corrected chi connectivity index (χ0v) is 17.2. The number of para-hydroxylation sites is 1. The van der Waals surface area contributed by atoms with Crippen molar-refractivity contribution >= 4 is 5.91 Å². The second kappa shape index (κ2) is 9.71. The number of nitrogens with one attached hydrogen (secondary N) is 1. The van der Waals surface area contributed by atoms with Gasteiger partial charge in [0.05, 0.1) is 5.56 Å². The van der Waals surface area contributed by atoms with Crippen molar-refractivity contribution in [3.63, 3.8) is 0 Å². The van der Waals surface area contributed by atoms with E-state index in [0.717, 1.165) is 17.5 Å². The van der Waals surface area contributed by atoms with Gasteiger partial charge in [0.2, 0.25) is 5.82 Å². The van der Waals surface area contributed by atoms with E-state index in [2.05, 4.69) is 15.5 Å². The predicted octanol–water partition coefficient (Wildman–Crippen LogP) is 4.45. The van der Waals surface area contributed by atoms with Crippen LogP contribution in [-0.2, 0) is 11.2 Å². The quantitative estimate of drug-likeness (QED) is 0.462. The molecular formula is C25H23N3O3. The number of nitrogens with zero attached hydrogens (tertiary/aromatic N) is 2. The Morgan fingerprint density at radius 3 is 2.65 bits per heavy atom. The van der Waals surface area contributed by atoms with Gasteiger partial charge in [-0.3, -0.25) is 4.79 Å². The van der Waals surface area contributed by atoms with E-state index < -0.39 is 0 Å². The van der Waals surface area contributed by atoms with Crippen LogP contribution in [0.4, 0.5) is 0 Å². The number of aromatic nitrogens is 2. The van der Waals surface area contributed by atoms with Crippen molar-refractivity contribution in [2.45, 2.75) is 13.3 Å². The van der Waals surface area contributed by atoms with E-state index in [1.807, 2.05) is 79.7 Å². The number of aryl methyl sites for hydroxylation is 1. The summed E-state index contributed by atoms with van der Waals surface area (Å²) >= 11 is 0. The van der Waals surface area contributed by atoms with E-state index in [9.17, 15) is 4.79 Å². The summed E-state index contributed by atoms with van der Waals surface area (Å²) < 4.78 is 11.2.